The maximum Gasteiger partial charge on any atom is 0.276 e. The number of rotatable bonds is 3. The van der Waals surface area contributed by atoms with Gasteiger partial charge in [0.1, 0.15) is 23.2 Å². The van der Waals surface area contributed by atoms with E-state index in [1.807, 2.05) is 6.07 Å². The number of carbonyl (C=O) groups is 1. The molecule has 1 N–H and O–H groups in total. The second-order valence-corrected chi connectivity index (χ2v) is 5.12. The van der Waals surface area contributed by atoms with Crippen LogP contribution >= 0.6 is 11.3 Å². The largest absolute Gasteiger partial charge is 0.462 e. The Balaban J connectivity index is 1.84. The lowest BCUT2D eigenvalue weighted by atomic mass is 10.3. The molecule has 3 heterocycles. The maximum absolute atomic E-state index is 12.2. The normalized spacial score (nSPS) is 10.2. The van der Waals surface area contributed by atoms with E-state index < -0.39 is 5.91 Å². The highest BCUT2D eigenvalue weighted by Gasteiger charge is 2.16. The Hall–Kier alpha value is -3.05. The van der Waals surface area contributed by atoms with Gasteiger partial charge in [0.25, 0.3) is 5.91 Å². The van der Waals surface area contributed by atoms with Crippen LogP contribution in [0.1, 0.15) is 21.9 Å². The van der Waals surface area contributed by atoms with Crippen molar-refractivity contribution >= 4 is 23.1 Å². The Bertz CT molecular complexity index is 864. The predicted octanol–water partition coefficient (Wildman–Crippen LogP) is 2.63. The Morgan fingerprint density at radius 2 is 2.32 bits per heavy atom. The van der Waals surface area contributed by atoms with E-state index in [9.17, 15) is 4.79 Å². The van der Waals surface area contributed by atoms with Crippen molar-refractivity contribution in [3.05, 3.63) is 47.1 Å². The number of anilines is 1. The number of carbonyl (C=O) groups excluding carboxylic acids is 1. The first kappa shape index (κ1) is 13.9. The monoisotopic (exact) mass is 311 g/mol. The van der Waals surface area contributed by atoms with E-state index in [1.165, 1.54) is 17.5 Å². The molecular formula is C14H9N5O2S. The summed E-state index contributed by atoms with van der Waals surface area (Å²) in [7, 11) is 0. The van der Waals surface area contributed by atoms with Crippen molar-refractivity contribution in [1.29, 1.82) is 5.26 Å². The van der Waals surface area contributed by atoms with Crippen molar-refractivity contribution in [3.63, 3.8) is 0 Å². The van der Waals surface area contributed by atoms with Crippen LogP contribution < -0.4 is 5.32 Å². The number of nitrogens with zero attached hydrogens (tertiary/aromatic N) is 4. The van der Waals surface area contributed by atoms with Gasteiger partial charge >= 0.3 is 0 Å². The molecule has 1 amide bonds. The van der Waals surface area contributed by atoms with Gasteiger partial charge in [-0.05, 0) is 19.1 Å². The SMILES string of the molecule is Cc1ncc(C#N)c(NC(=O)c2csc(-c3ccco3)n2)n1. The molecule has 0 bridgehead atoms. The highest BCUT2D eigenvalue weighted by molar-refractivity contribution is 7.13. The van der Waals surface area contributed by atoms with Gasteiger partial charge < -0.3 is 9.73 Å². The van der Waals surface area contributed by atoms with Crippen LogP contribution in [-0.4, -0.2) is 20.9 Å². The minimum Gasteiger partial charge on any atom is -0.462 e. The molecule has 8 heteroatoms. The standard InChI is InChI=1S/C14H9N5O2S/c1-8-16-6-9(5-15)12(17-8)19-13(20)10-7-22-14(18-10)11-3-2-4-21-11/h2-4,6-7H,1H3,(H,16,17,19,20). The van der Waals surface area contributed by atoms with Crippen LogP contribution in [0.5, 0.6) is 0 Å². The second-order valence-electron chi connectivity index (χ2n) is 4.26. The fourth-order valence-electron chi connectivity index (χ4n) is 1.71. The van der Waals surface area contributed by atoms with Crippen LogP contribution in [0.4, 0.5) is 5.82 Å². The molecule has 0 aromatic carbocycles. The minimum atomic E-state index is -0.441. The first-order valence-electron chi connectivity index (χ1n) is 6.22. The molecular weight excluding hydrogens is 302 g/mol. The fraction of sp³-hybridized carbons (Fsp3) is 0.0714. The molecule has 0 saturated carbocycles. The summed E-state index contributed by atoms with van der Waals surface area (Å²) in [6, 6.07) is 5.45. The van der Waals surface area contributed by atoms with Crippen molar-refractivity contribution < 1.29 is 9.21 Å². The van der Waals surface area contributed by atoms with E-state index in [-0.39, 0.29) is 17.1 Å². The Kier molecular flexibility index (Phi) is 3.64. The molecule has 0 radical (unpaired) electrons. The van der Waals surface area contributed by atoms with E-state index in [4.69, 9.17) is 9.68 Å². The molecule has 3 rings (SSSR count). The summed E-state index contributed by atoms with van der Waals surface area (Å²) in [5.41, 5.74) is 0.428. The number of hydrogen-bond donors (Lipinski definition) is 1. The van der Waals surface area contributed by atoms with Crippen molar-refractivity contribution in [2.45, 2.75) is 6.92 Å². The fourth-order valence-corrected chi connectivity index (χ4v) is 2.48. The van der Waals surface area contributed by atoms with Gasteiger partial charge in [-0.15, -0.1) is 11.3 Å². The average molecular weight is 311 g/mol. The van der Waals surface area contributed by atoms with Crippen LogP contribution in [0, 0.1) is 18.3 Å². The van der Waals surface area contributed by atoms with Crippen LogP contribution in [-0.2, 0) is 0 Å². The van der Waals surface area contributed by atoms with Gasteiger partial charge in [0.05, 0.1) is 12.5 Å². The van der Waals surface area contributed by atoms with Crippen molar-refractivity contribution in [1.82, 2.24) is 15.0 Å². The van der Waals surface area contributed by atoms with Gasteiger partial charge in [0.15, 0.2) is 16.6 Å². The molecule has 0 atom stereocenters. The number of aryl methyl sites for hydroxylation is 1. The molecule has 0 aliphatic rings. The summed E-state index contributed by atoms with van der Waals surface area (Å²) in [4.78, 5) is 24.4. The number of amides is 1. The van der Waals surface area contributed by atoms with E-state index in [0.29, 0.717) is 16.6 Å². The van der Waals surface area contributed by atoms with E-state index in [1.54, 1.807) is 30.7 Å². The molecule has 0 aliphatic heterocycles. The quantitative estimate of drug-likeness (QED) is 0.797. The lowest BCUT2D eigenvalue weighted by molar-refractivity contribution is 0.102. The number of thiazole rings is 1. The number of hydrogen-bond acceptors (Lipinski definition) is 7. The average Bonchev–Trinajstić information content (AvgIpc) is 3.18. The van der Waals surface area contributed by atoms with Crippen molar-refractivity contribution in [2.75, 3.05) is 5.32 Å². The van der Waals surface area contributed by atoms with Crippen LogP contribution in [0.2, 0.25) is 0 Å². The lowest BCUT2D eigenvalue weighted by Crippen LogP contribution is -2.15. The Morgan fingerprint density at radius 1 is 1.45 bits per heavy atom. The summed E-state index contributed by atoms with van der Waals surface area (Å²) in [5, 5.41) is 13.8. The Morgan fingerprint density at radius 3 is 3.05 bits per heavy atom. The van der Waals surface area contributed by atoms with E-state index in [0.717, 1.165) is 0 Å². The van der Waals surface area contributed by atoms with Crippen molar-refractivity contribution in [2.24, 2.45) is 0 Å². The molecule has 22 heavy (non-hydrogen) atoms. The molecule has 3 aromatic heterocycles. The van der Waals surface area contributed by atoms with Gasteiger partial charge in [0, 0.05) is 5.38 Å². The first-order valence-corrected chi connectivity index (χ1v) is 7.10. The molecule has 0 fully saturated rings. The third-order valence-corrected chi connectivity index (χ3v) is 3.59. The zero-order valence-corrected chi connectivity index (χ0v) is 12.2. The summed E-state index contributed by atoms with van der Waals surface area (Å²) in [6.45, 7) is 1.68. The third kappa shape index (κ3) is 2.70. The molecule has 0 saturated heterocycles. The summed E-state index contributed by atoms with van der Waals surface area (Å²) in [6.07, 6.45) is 2.91. The lowest BCUT2D eigenvalue weighted by Gasteiger charge is -2.04. The molecule has 7 nitrogen and oxygen atoms in total. The smallest absolute Gasteiger partial charge is 0.276 e. The zero-order valence-electron chi connectivity index (χ0n) is 11.4. The molecule has 3 aromatic rings. The zero-order chi connectivity index (χ0) is 15.5. The van der Waals surface area contributed by atoms with E-state index in [2.05, 4.69) is 20.3 Å². The second kappa shape index (κ2) is 5.75. The predicted molar refractivity (Wildman–Crippen MR) is 79.3 cm³/mol. The van der Waals surface area contributed by atoms with Crippen LogP contribution in [0.25, 0.3) is 10.8 Å². The Labute approximate surface area is 129 Å². The van der Waals surface area contributed by atoms with Gasteiger partial charge in [-0.25, -0.2) is 15.0 Å². The highest BCUT2D eigenvalue weighted by atomic mass is 32.1. The first-order chi connectivity index (χ1) is 10.7. The number of nitrogens with one attached hydrogen (secondary N) is 1. The van der Waals surface area contributed by atoms with Crippen LogP contribution in [0.15, 0.2) is 34.4 Å². The summed E-state index contributed by atoms with van der Waals surface area (Å²) in [5.74, 6) is 0.791. The molecule has 0 spiro atoms. The minimum absolute atomic E-state index is 0.174. The molecule has 108 valence electrons. The summed E-state index contributed by atoms with van der Waals surface area (Å²) >= 11 is 1.30. The molecule has 0 aliphatic carbocycles. The van der Waals surface area contributed by atoms with E-state index >= 15 is 0 Å². The topological polar surface area (TPSA) is 105 Å². The van der Waals surface area contributed by atoms with Gasteiger partial charge in [0.2, 0.25) is 0 Å². The van der Waals surface area contributed by atoms with Gasteiger partial charge in [-0.1, -0.05) is 0 Å². The third-order valence-electron chi connectivity index (χ3n) is 2.73. The summed E-state index contributed by atoms with van der Waals surface area (Å²) < 4.78 is 5.24. The van der Waals surface area contributed by atoms with Crippen molar-refractivity contribution in [3.8, 4) is 16.8 Å². The van der Waals surface area contributed by atoms with Crippen LogP contribution in [0.3, 0.4) is 0 Å². The number of furan rings is 1. The maximum atomic E-state index is 12.2. The van der Waals surface area contributed by atoms with Gasteiger partial charge in [-0.3, -0.25) is 4.79 Å². The molecule has 0 unspecified atom stereocenters. The van der Waals surface area contributed by atoms with Gasteiger partial charge in [-0.2, -0.15) is 5.26 Å². The number of nitriles is 1. The highest BCUT2D eigenvalue weighted by Crippen LogP contribution is 2.24. The number of aromatic nitrogens is 3.